The number of halogens is 4. The molecular weight excluding hydrogens is 511 g/mol. The maximum atomic E-state index is 15.4. The number of ether oxygens (including phenoxy) is 1. The fourth-order valence-corrected chi connectivity index (χ4v) is 4.22. The number of allylic oxidation sites excluding steroid dienone is 1. The zero-order chi connectivity index (χ0) is 28.7. The molecule has 0 bridgehead atoms. The Morgan fingerprint density at radius 2 is 1.64 bits per heavy atom. The highest BCUT2D eigenvalue weighted by Gasteiger charge is 2.35. The lowest BCUT2D eigenvalue weighted by Crippen LogP contribution is -2.37. The number of carbonyl (C=O) groups is 2. The quantitative estimate of drug-likeness (QED) is 0.242. The van der Waals surface area contributed by atoms with Crippen molar-refractivity contribution in [1.29, 1.82) is 0 Å². The van der Waals surface area contributed by atoms with Crippen molar-refractivity contribution in [2.75, 3.05) is 13.7 Å². The van der Waals surface area contributed by atoms with Gasteiger partial charge in [-0.2, -0.15) is 13.2 Å². The van der Waals surface area contributed by atoms with Crippen LogP contribution in [0.5, 0.6) is 5.75 Å². The van der Waals surface area contributed by atoms with Gasteiger partial charge in [0, 0.05) is 31.3 Å². The third kappa shape index (κ3) is 7.28. The third-order valence-electron chi connectivity index (χ3n) is 6.07. The van der Waals surface area contributed by atoms with Gasteiger partial charge >= 0.3 is 6.18 Å². The Morgan fingerprint density at radius 3 is 2.26 bits per heavy atom. The van der Waals surface area contributed by atoms with Gasteiger partial charge in [0.05, 0.1) is 18.2 Å². The van der Waals surface area contributed by atoms with Gasteiger partial charge in [0.2, 0.25) is 5.91 Å². The number of hydrogen-bond acceptors (Lipinski definition) is 3. The second-order valence-electron chi connectivity index (χ2n) is 8.84. The summed E-state index contributed by atoms with van der Waals surface area (Å²) < 4.78 is 62.1. The van der Waals surface area contributed by atoms with Crippen molar-refractivity contribution in [3.05, 3.63) is 100 Å². The first-order valence-electron chi connectivity index (χ1n) is 12.0. The van der Waals surface area contributed by atoms with Crippen molar-refractivity contribution in [1.82, 2.24) is 10.2 Å². The lowest BCUT2D eigenvalue weighted by atomic mass is 9.87. The Labute approximate surface area is 225 Å². The van der Waals surface area contributed by atoms with E-state index >= 15 is 4.39 Å². The van der Waals surface area contributed by atoms with Crippen LogP contribution in [-0.4, -0.2) is 38.2 Å². The molecule has 0 spiro atoms. The summed E-state index contributed by atoms with van der Waals surface area (Å²) >= 11 is 0. The van der Waals surface area contributed by atoms with Crippen molar-refractivity contribution in [2.24, 2.45) is 0 Å². The zero-order valence-electron chi connectivity index (χ0n) is 21.7. The first-order valence-corrected chi connectivity index (χ1v) is 12.0. The fourth-order valence-electron chi connectivity index (χ4n) is 4.22. The number of rotatable bonds is 9. The van der Waals surface area contributed by atoms with Crippen LogP contribution in [0.2, 0.25) is 0 Å². The van der Waals surface area contributed by atoms with Crippen LogP contribution in [0.25, 0.3) is 5.57 Å². The molecule has 0 atom stereocenters. The summed E-state index contributed by atoms with van der Waals surface area (Å²) in [4.78, 5) is 27.1. The topological polar surface area (TPSA) is 58.6 Å². The van der Waals surface area contributed by atoms with Gasteiger partial charge in [0.15, 0.2) is 11.6 Å². The maximum Gasteiger partial charge on any atom is 0.416 e. The predicted molar refractivity (Wildman–Crippen MR) is 142 cm³/mol. The molecule has 39 heavy (non-hydrogen) atoms. The van der Waals surface area contributed by atoms with Crippen molar-refractivity contribution >= 4 is 30.7 Å². The molecule has 10 heteroatoms. The summed E-state index contributed by atoms with van der Waals surface area (Å²) in [5.41, 5.74) is -0.930. The molecule has 202 valence electrons. The van der Waals surface area contributed by atoms with E-state index in [2.05, 4.69) is 5.32 Å². The van der Waals surface area contributed by atoms with Crippen LogP contribution in [-0.2, 0) is 28.7 Å². The molecule has 5 nitrogen and oxygen atoms in total. The molecule has 3 aromatic carbocycles. The number of benzene rings is 3. The number of alkyl halides is 3. The van der Waals surface area contributed by atoms with Crippen LogP contribution in [0.4, 0.5) is 17.6 Å². The fraction of sp³-hybridized carbons (Fsp3) is 0.241. The number of amides is 2. The van der Waals surface area contributed by atoms with Gasteiger partial charge in [-0.25, -0.2) is 4.39 Å². The van der Waals surface area contributed by atoms with Gasteiger partial charge in [-0.05, 0) is 36.6 Å². The molecule has 3 rings (SSSR count). The molecule has 0 aliphatic carbocycles. The van der Waals surface area contributed by atoms with Crippen LogP contribution >= 0.6 is 0 Å². The first kappa shape index (κ1) is 29.5. The van der Waals surface area contributed by atoms with E-state index in [1.807, 2.05) is 18.2 Å². The lowest BCUT2D eigenvalue weighted by Gasteiger charge is -2.28. The SMILES string of the molecule is [B]c1cccc(C(F)(F)F)c1CN(CCc1ccccc1)C(=O)/C(=C(/C)NC(C)=O)c1cccc(OC)c1F. The van der Waals surface area contributed by atoms with Crippen LogP contribution in [0.15, 0.2) is 72.4 Å². The largest absolute Gasteiger partial charge is 0.494 e. The standard InChI is InChI=1S/C29H27BF4N2O3/c1-18(35-19(2)37)26(21-11-7-14-25(39-3)27(21)31)28(38)36(16-15-20-9-5-4-6-10-20)17-22-23(29(32,33)34)12-8-13-24(22)30/h4-14H,15-17H2,1-3H3,(H,35,37)/b26-18-. The smallest absolute Gasteiger partial charge is 0.416 e. The number of hydrogen-bond donors (Lipinski definition) is 1. The average Bonchev–Trinajstić information content (AvgIpc) is 2.88. The number of nitrogens with zero attached hydrogens (tertiary/aromatic N) is 1. The van der Waals surface area contributed by atoms with Gasteiger partial charge < -0.3 is 15.0 Å². The van der Waals surface area contributed by atoms with Crippen molar-refractivity contribution in [3.63, 3.8) is 0 Å². The van der Waals surface area contributed by atoms with Crippen molar-refractivity contribution < 1.29 is 31.9 Å². The molecule has 0 saturated heterocycles. The number of carbonyl (C=O) groups excluding carboxylic acids is 2. The Kier molecular flexibility index (Phi) is 9.56. The van der Waals surface area contributed by atoms with E-state index in [1.54, 1.807) is 12.1 Å². The van der Waals surface area contributed by atoms with Crippen LogP contribution in [0.3, 0.4) is 0 Å². The van der Waals surface area contributed by atoms with Crippen LogP contribution < -0.4 is 15.5 Å². The molecule has 0 aromatic heterocycles. The molecule has 2 amide bonds. The van der Waals surface area contributed by atoms with E-state index in [0.717, 1.165) is 11.6 Å². The first-order chi connectivity index (χ1) is 18.4. The normalized spacial score (nSPS) is 12.0. The second kappa shape index (κ2) is 12.6. The Balaban J connectivity index is 2.16. The molecule has 0 fully saturated rings. The van der Waals surface area contributed by atoms with E-state index < -0.39 is 35.9 Å². The van der Waals surface area contributed by atoms with E-state index in [-0.39, 0.29) is 40.2 Å². The second-order valence-corrected chi connectivity index (χ2v) is 8.84. The Morgan fingerprint density at radius 1 is 0.974 bits per heavy atom. The minimum atomic E-state index is -4.72. The summed E-state index contributed by atoms with van der Waals surface area (Å²) in [6.07, 6.45) is -4.42. The zero-order valence-corrected chi connectivity index (χ0v) is 21.7. The Hall–Kier alpha value is -4.08. The highest BCUT2D eigenvalue weighted by atomic mass is 19.4. The van der Waals surface area contributed by atoms with Gasteiger partial charge in [-0.15, -0.1) is 0 Å². The van der Waals surface area contributed by atoms with E-state index in [4.69, 9.17) is 12.6 Å². The number of methoxy groups -OCH3 is 1. The van der Waals surface area contributed by atoms with Gasteiger partial charge in [-0.3, -0.25) is 9.59 Å². The molecule has 0 aliphatic heterocycles. The monoisotopic (exact) mass is 538 g/mol. The molecule has 2 radical (unpaired) electrons. The highest BCUT2D eigenvalue weighted by Crippen LogP contribution is 2.33. The molecule has 0 aliphatic rings. The summed E-state index contributed by atoms with van der Waals surface area (Å²) in [5.74, 6) is -2.30. The maximum absolute atomic E-state index is 15.4. The number of nitrogens with one attached hydrogen (secondary N) is 1. The molecule has 0 saturated carbocycles. The van der Waals surface area contributed by atoms with Gasteiger partial charge in [0.1, 0.15) is 7.85 Å². The van der Waals surface area contributed by atoms with E-state index in [1.165, 1.54) is 56.2 Å². The van der Waals surface area contributed by atoms with Crippen LogP contribution in [0.1, 0.15) is 36.1 Å². The molecule has 0 unspecified atom stereocenters. The summed E-state index contributed by atoms with van der Waals surface area (Å²) in [6, 6.07) is 16.6. The lowest BCUT2D eigenvalue weighted by molar-refractivity contribution is -0.139. The minimum absolute atomic E-state index is 0.0169. The average molecular weight is 538 g/mol. The van der Waals surface area contributed by atoms with Crippen molar-refractivity contribution in [2.45, 2.75) is 33.0 Å². The summed E-state index contributed by atoms with van der Waals surface area (Å²) in [5, 5.41) is 2.51. The molecule has 3 aromatic rings. The summed E-state index contributed by atoms with van der Waals surface area (Å²) in [7, 11) is 7.23. The van der Waals surface area contributed by atoms with Crippen molar-refractivity contribution in [3.8, 4) is 5.75 Å². The van der Waals surface area contributed by atoms with Crippen LogP contribution in [0, 0.1) is 5.82 Å². The highest BCUT2D eigenvalue weighted by molar-refractivity contribution is 6.33. The summed E-state index contributed by atoms with van der Waals surface area (Å²) in [6.45, 7) is 2.12. The van der Waals surface area contributed by atoms with Gasteiger partial charge in [-0.1, -0.05) is 60.1 Å². The molecule has 0 heterocycles. The predicted octanol–water partition coefficient (Wildman–Crippen LogP) is 4.79. The molecule has 1 N–H and O–H groups in total. The Bertz CT molecular complexity index is 1370. The van der Waals surface area contributed by atoms with Gasteiger partial charge in [0.25, 0.3) is 5.91 Å². The van der Waals surface area contributed by atoms with E-state index in [9.17, 15) is 22.8 Å². The third-order valence-corrected chi connectivity index (χ3v) is 6.07. The van der Waals surface area contributed by atoms with E-state index in [0.29, 0.717) is 6.42 Å². The molecular formula is C29H27BF4N2O3. The minimum Gasteiger partial charge on any atom is -0.494 e.